The standard InChI is InChI=1S/C21H24N4O2S/c1-26-20-17(4-2-9-23-20)14-25-11-6-16(7-12-25)15-27-18-5-3-8-22-19(18)21-24-10-13-28-21/h2-5,8-10,13,16H,6-7,11-12,14-15H2,1H3. The Bertz CT molecular complexity index is 880. The molecule has 0 atom stereocenters. The highest BCUT2D eigenvalue weighted by Gasteiger charge is 2.21. The topological polar surface area (TPSA) is 60.4 Å². The van der Waals surface area contributed by atoms with Crippen LogP contribution in [0.5, 0.6) is 11.6 Å². The van der Waals surface area contributed by atoms with E-state index < -0.39 is 0 Å². The van der Waals surface area contributed by atoms with Gasteiger partial charge in [-0.15, -0.1) is 11.3 Å². The molecule has 3 aromatic rings. The largest absolute Gasteiger partial charge is 0.491 e. The summed E-state index contributed by atoms with van der Waals surface area (Å²) in [6, 6.07) is 7.94. The Morgan fingerprint density at radius 1 is 1.07 bits per heavy atom. The molecule has 1 fully saturated rings. The van der Waals surface area contributed by atoms with Crippen molar-refractivity contribution < 1.29 is 9.47 Å². The monoisotopic (exact) mass is 396 g/mol. The SMILES string of the molecule is COc1ncccc1CN1CCC(COc2cccnc2-c2nccs2)CC1. The highest BCUT2D eigenvalue weighted by molar-refractivity contribution is 7.13. The van der Waals surface area contributed by atoms with Gasteiger partial charge in [0, 0.05) is 36.1 Å². The molecule has 6 nitrogen and oxygen atoms in total. The van der Waals surface area contributed by atoms with Gasteiger partial charge in [0.2, 0.25) is 5.88 Å². The van der Waals surface area contributed by atoms with Gasteiger partial charge in [-0.1, -0.05) is 6.07 Å². The van der Waals surface area contributed by atoms with E-state index in [0.717, 1.165) is 60.4 Å². The minimum Gasteiger partial charge on any atom is -0.491 e. The second-order valence-electron chi connectivity index (χ2n) is 6.89. The third kappa shape index (κ3) is 4.48. The zero-order valence-electron chi connectivity index (χ0n) is 16.0. The molecule has 0 saturated carbocycles. The molecule has 7 heteroatoms. The summed E-state index contributed by atoms with van der Waals surface area (Å²) in [5.41, 5.74) is 1.97. The van der Waals surface area contributed by atoms with Crippen LogP contribution in [0.1, 0.15) is 18.4 Å². The first-order valence-electron chi connectivity index (χ1n) is 9.51. The van der Waals surface area contributed by atoms with Crippen molar-refractivity contribution in [2.45, 2.75) is 19.4 Å². The number of hydrogen-bond acceptors (Lipinski definition) is 7. The Hall–Kier alpha value is -2.51. The minimum atomic E-state index is 0.552. The van der Waals surface area contributed by atoms with E-state index in [4.69, 9.17) is 9.47 Å². The van der Waals surface area contributed by atoms with Crippen LogP contribution in [0.25, 0.3) is 10.7 Å². The molecule has 4 rings (SSSR count). The Kier molecular flexibility index (Phi) is 6.14. The van der Waals surface area contributed by atoms with Crippen LogP contribution >= 0.6 is 11.3 Å². The highest BCUT2D eigenvalue weighted by atomic mass is 32.1. The number of rotatable bonds is 7. The summed E-state index contributed by atoms with van der Waals surface area (Å²) in [5.74, 6) is 2.09. The minimum absolute atomic E-state index is 0.552. The van der Waals surface area contributed by atoms with E-state index in [1.807, 2.05) is 23.6 Å². The number of ether oxygens (including phenoxy) is 2. The summed E-state index contributed by atoms with van der Waals surface area (Å²) in [6.45, 7) is 3.70. The Morgan fingerprint density at radius 2 is 1.89 bits per heavy atom. The van der Waals surface area contributed by atoms with E-state index in [1.165, 1.54) is 0 Å². The van der Waals surface area contributed by atoms with E-state index in [-0.39, 0.29) is 0 Å². The molecule has 3 aromatic heterocycles. The fraction of sp³-hybridized carbons (Fsp3) is 0.381. The lowest BCUT2D eigenvalue weighted by Crippen LogP contribution is -2.35. The van der Waals surface area contributed by atoms with E-state index >= 15 is 0 Å². The number of methoxy groups -OCH3 is 1. The fourth-order valence-electron chi connectivity index (χ4n) is 3.50. The van der Waals surface area contributed by atoms with Crippen LogP contribution in [0.15, 0.2) is 48.2 Å². The lowest BCUT2D eigenvalue weighted by Gasteiger charge is -2.32. The van der Waals surface area contributed by atoms with Gasteiger partial charge in [-0.3, -0.25) is 4.90 Å². The van der Waals surface area contributed by atoms with E-state index in [2.05, 4.69) is 25.9 Å². The van der Waals surface area contributed by atoms with Crippen LogP contribution in [-0.2, 0) is 6.54 Å². The smallest absolute Gasteiger partial charge is 0.217 e. The number of thiazole rings is 1. The van der Waals surface area contributed by atoms with Crippen molar-refractivity contribution in [2.75, 3.05) is 26.8 Å². The van der Waals surface area contributed by atoms with Gasteiger partial charge in [0.05, 0.1) is 13.7 Å². The molecule has 1 saturated heterocycles. The summed E-state index contributed by atoms with van der Waals surface area (Å²) in [6.07, 6.45) is 7.59. The van der Waals surface area contributed by atoms with Crippen molar-refractivity contribution in [3.8, 4) is 22.3 Å². The average Bonchev–Trinajstić information content (AvgIpc) is 3.29. The molecule has 28 heavy (non-hydrogen) atoms. The molecular formula is C21H24N4O2S. The summed E-state index contributed by atoms with van der Waals surface area (Å²) >= 11 is 1.58. The molecule has 0 bridgehead atoms. The number of likely N-dealkylation sites (tertiary alicyclic amines) is 1. The molecule has 0 N–H and O–H groups in total. The first kappa shape index (κ1) is 18.8. The van der Waals surface area contributed by atoms with Gasteiger partial charge < -0.3 is 9.47 Å². The summed E-state index contributed by atoms with van der Waals surface area (Å²) < 4.78 is 11.5. The van der Waals surface area contributed by atoms with Crippen LogP contribution < -0.4 is 9.47 Å². The molecule has 4 heterocycles. The number of aromatic nitrogens is 3. The predicted molar refractivity (Wildman–Crippen MR) is 110 cm³/mol. The first-order valence-corrected chi connectivity index (χ1v) is 10.4. The Balaban J connectivity index is 1.30. The Labute approximate surface area is 169 Å². The molecule has 0 spiro atoms. The van der Waals surface area contributed by atoms with Crippen molar-refractivity contribution in [3.63, 3.8) is 0 Å². The lowest BCUT2D eigenvalue weighted by molar-refractivity contribution is 0.136. The second-order valence-corrected chi connectivity index (χ2v) is 7.78. The number of piperidine rings is 1. The van der Waals surface area contributed by atoms with Crippen LogP contribution in [0.2, 0.25) is 0 Å². The van der Waals surface area contributed by atoms with Crippen molar-refractivity contribution in [3.05, 3.63) is 53.8 Å². The molecular weight excluding hydrogens is 372 g/mol. The van der Waals surface area contributed by atoms with Crippen molar-refractivity contribution in [1.29, 1.82) is 0 Å². The van der Waals surface area contributed by atoms with Gasteiger partial charge in [-0.25, -0.2) is 15.0 Å². The molecule has 0 aliphatic carbocycles. The predicted octanol–water partition coefficient (Wildman–Crippen LogP) is 3.90. The van der Waals surface area contributed by atoms with E-state index in [1.54, 1.807) is 37.0 Å². The highest BCUT2D eigenvalue weighted by Crippen LogP contribution is 2.30. The molecule has 0 unspecified atom stereocenters. The van der Waals surface area contributed by atoms with Crippen LogP contribution in [0.4, 0.5) is 0 Å². The van der Waals surface area contributed by atoms with Gasteiger partial charge in [-0.05, 0) is 50.0 Å². The van der Waals surface area contributed by atoms with Crippen LogP contribution in [0, 0.1) is 5.92 Å². The van der Waals surface area contributed by atoms with Gasteiger partial charge in [0.1, 0.15) is 16.5 Å². The maximum Gasteiger partial charge on any atom is 0.217 e. The second kappa shape index (κ2) is 9.12. The van der Waals surface area contributed by atoms with Crippen LogP contribution in [0.3, 0.4) is 0 Å². The lowest BCUT2D eigenvalue weighted by atomic mass is 9.97. The zero-order chi connectivity index (χ0) is 19.2. The zero-order valence-corrected chi connectivity index (χ0v) is 16.8. The molecule has 0 radical (unpaired) electrons. The number of nitrogens with zero attached hydrogens (tertiary/aromatic N) is 4. The molecule has 1 aliphatic rings. The molecule has 1 aliphatic heterocycles. The van der Waals surface area contributed by atoms with E-state index in [0.29, 0.717) is 12.5 Å². The van der Waals surface area contributed by atoms with E-state index in [9.17, 15) is 0 Å². The Morgan fingerprint density at radius 3 is 2.68 bits per heavy atom. The molecule has 0 aromatic carbocycles. The quantitative estimate of drug-likeness (QED) is 0.604. The van der Waals surface area contributed by atoms with Crippen LogP contribution in [-0.4, -0.2) is 46.7 Å². The molecule has 146 valence electrons. The van der Waals surface area contributed by atoms with Gasteiger partial charge in [0.25, 0.3) is 0 Å². The first-order chi connectivity index (χ1) is 13.8. The number of hydrogen-bond donors (Lipinski definition) is 0. The summed E-state index contributed by atoms with van der Waals surface area (Å²) in [7, 11) is 1.67. The maximum atomic E-state index is 6.15. The maximum absolute atomic E-state index is 6.15. The van der Waals surface area contributed by atoms with Crippen molar-refractivity contribution in [2.24, 2.45) is 5.92 Å². The third-order valence-corrected chi connectivity index (χ3v) is 5.80. The number of pyridine rings is 2. The molecule has 0 amide bonds. The average molecular weight is 397 g/mol. The van der Waals surface area contributed by atoms with Gasteiger partial charge in [-0.2, -0.15) is 0 Å². The van der Waals surface area contributed by atoms with Crippen molar-refractivity contribution >= 4 is 11.3 Å². The fourth-order valence-corrected chi connectivity index (χ4v) is 4.13. The van der Waals surface area contributed by atoms with Gasteiger partial charge in [0.15, 0.2) is 0 Å². The van der Waals surface area contributed by atoms with Gasteiger partial charge >= 0.3 is 0 Å². The third-order valence-electron chi connectivity index (χ3n) is 5.02. The summed E-state index contributed by atoms with van der Waals surface area (Å²) in [4.78, 5) is 15.6. The van der Waals surface area contributed by atoms with Crippen molar-refractivity contribution in [1.82, 2.24) is 19.9 Å². The normalized spacial score (nSPS) is 15.5. The summed E-state index contributed by atoms with van der Waals surface area (Å²) in [5, 5.41) is 2.86.